The lowest BCUT2D eigenvalue weighted by Gasteiger charge is -2.26. The van der Waals surface area contributed by atoms with Gasteiger partial charge < -0.3 is 15.3 Å². The van der Waals surface area contributed by atoms with Gasteiger partial charge in [0, 0.05) is 13.1 Å². The number of halogens is 1. The van der Waals surface area contributed by atoms with Crippen LogP contribution in [0.2, 0.25) is 0 Å². The minimum Gasteiger partial charge on any atom is -0.478 e. The molecule has 2 amide bonds. The fourth-order valence-corrected chi connectivity index (χ4v) is 2.05. The van der Waals surface area contributed by atoms with Crippen LogP contribution in [0.1, 0.15) is 37.6 Å². The maximum atomic E-state index is 13.2. The Morgan fingerprint density at radius 2 is 1.95 bits per heavy atom. The van der Waals surface area contributed by atoms with E-state index >= 15 is 0 Å². The number of benzene rings is 1. The molecule has 2 N–H and O–H groups in total. The summed E-state index contributed by atoms with van der Waals surface area (Å²) < 4.78 is 13.2. The molecule has 0 aromatic heterocycles. The van der Waals surface area contributed by atoms with Crippen molar-refractivity contribution < 1.29 is 19.1 Å². The Bertz CT molecular complexity index is 532. The van der Waals surface area contributed by atoms with Crippen LogP contribution >= 0.6 is 0 Å². The molecule has 0 aliphatic heterocycles. The monoisotopic (exact) mass is 296 g/mol. The van der Waals surface area contributed by atoms with Gasteiger partial charge in [-0.05, 0) is 37.5 Å². The fourth-order valence-electron chi connectivity index (χ4n) is 2.05. The smallest absolute Gasteiger partial charge is 0.337 e. The lowest BCUT2D eigenvalue weighted by Crippen LogP contribution is -2.39. The van der Waals surface area contributed by atoms with Crippen LogP contribution in [-0.4, -0.2) is 35.1 Å². The first-order chi connectivity index (χ1) is 9.72. The van der Waals surface area contributed by atoms with Crippen LogP contribution in [-0.2, 0) is 0 Å². The predicted molar refractivity (Wildman–Crippen MR) is 79.1 cm³/mol. The lowest BCUT2D eigenvalue weighted by atomic mass is 10.0. The molecule has 0 bridgehead atoms. The van der Waals surface area contributed by atoms with E-state index in [0.717, 1.165) is 24.6 Å². The molecule has 21 heavy (non-hydrogen) atoms. The summed E-state index contributed by atoms with van der Waals surface area (Å²) in [6, 6.07) is 2.71. The molecule has 0 aliphatic carbocycles. The molecule has 0 spiro atoms. The second kappa shape index (κ2) is 7.06. The van der Waals surface area contributed by atoms with Gasteiger partial charge in [0.1, 0.15) is 5.82 Å². The van der Waals surface area contributed by atoms with Crippen LogP contribution in [0.4, 0.5) is 14.9 Å². The molecule has 6 heteroatoms. The van der Waals surface area contributed by atoms with Crippen molar-refractivity contribution >= 4 is 17.7 Å². The molecular weight excluding hydrogens is 275 g/mol. The number of amides is 2. The molecule has 116 valence electrons. The number of nitrogens with zero attached hydrogens (tertiary/aromatic N) is 1. The highest BCUT2D eigenvalue weighted by molar-refractivity contribution is 6.00. The molecule has 5 nitrogen and oxygen atoms in total. The van der Waals surface area contributed by atoms with Crippen molar-refractivity contribution in [3.05, 3.63) is 29.6 Å². The topological polar surface area (TPSA) is 69.6 Å². The van der Waals surface area contributed by atoms with E-state index in [4.69, 9.17) is 5.11 Å². The largest absolute Gasteiger partial charge is 0.478 e. The normalized spacial score (nSPS) is 12.1. The van der Waals surface area contributed by atoms with E-state index in [9.17, 15) is 14.0 Å². The van der Waals surface area contributed by atoms with Crippen molar-refractivity contribution in [2.45, 2.75) is 33.2 Å². The summed E-state index contributed by atoms with van der Waals surface area (Å²) in [6.07, 6.45) is 0.818. The summed E-state index contributed by atoms with van der Waals surface area (Å²) in [5.74, 6) is -1.39. The van der Waals surface area contributed by atoms with Crippen molar-refractivity contribution in [1.29, 1.82) is 0 Å². The summed E-state index contributed by atoms with van der Waals surface area (Å²) in [7, 11) is 1.63. The van der Waals surface area contributed by atoms with Crippen LogP contribution < -0.4 is 5.32 Å². The van der Waals surface area contributed by atoms with Gasteiger partial charge in [-0.3, -0.25) is 0 Å². The van der Waals surface area contributed by atoms with E-state index in [0.29, 0.717) is 5.92 Å². The Hall–Kier alpha value is -2.11. The van der Waals surface area contributed by atoms with Gasteiger partial charge in [0.2, 0.25) is 0 Å². The van der Waals surface area contributed by atoms with Gasteiger partial charge in [-0.15, -0.1) is 0 Å². The molecule has 0 fully saturated rings. The highest BCUT2D eigenvalue weighted by Gasteiger charge is 2.19. The zero-order valence-electron chi connectivity index (χ0n) is 12.7. The fraction of sp³-hybridized carbons (Fsp3) is 0.467. The van der Waals surface area contributed by atoms with E-state index in [2.05, 4.69) is 19.2 Å². The van der Waals surface area contributed by atoms with Gasteiger partial charge in [0.05, 0.1) is 11.3 Å². The van der Waals surface area contributed by atoms with Crippen LogP contribution in [0.25, 0.3) is 0 Å². The molecular formula is C15H21FN2O3. The van der Waals surface area contributed by atoms with E-state index in [1.54, 1.807) is 7.05 Å². The lowest BCUT2D eigenvalue weighted by molar-refractivity contribution is 0.0698. The zero-order chi connectivity index (χ0) is 16.2. The molecule has 1 aromatic rings. The number of carbonyl (C=O) groups is 2. The summed E-state index contributed by atoms with van der Waals surface area (Å²) >= 11 is 0. The standard InChI is InChI=1S/C15H21FN2O3/c1-9(2)7-10(3)18(4)15(21)17-13-8-11(16)5-6-12(13)14(19)20/h5-6,8-10H,7H2,1-4H3,(H,17,21)(H,19,20). The Morgan fingerprint density at radius 3 is 2.48 bits per heavy atom. The van der Waals surface area contributed by atoms with Crippen molar-refractivity contribution in [1.82, 2.24) is 4.90 Å². The molecule has 1 aromatic carbocycles. The molecule has 0 aliphatic rings. The van der Waals surface area contributed by atoms with Crippen LogP contribution in [0.15, 0.2) is 18.2 Å². The van der Waals surface area contributed by atoms with Gasteiger partial charge >= 0.3 is 12.0 Å². The molecule has 0 saturated carbocycles. The number of carboxylic acids is 1. The molecule has 1 rings (SSSR count). The third-order valence-electron chi connectivity index (χ3n) is 3.25. The van der Waals surface area contributed by atoms with Crippen molar-refractivity contribution in [2.75, 3.05) is 12.4 Å². The van der Waals surface area contributed by atoms with E-state index in [1.807, 2.05) is 6.92 Å². The van der Waals surface area contributed by atoms with Gasteiger partial charge in [-0.25, -0.2) is 14.0 Å². The molecule has 0 radical (unpaired) electrons. The molecule has 1 atom stereocenters. The summed E-state index contributed by atoms with van der Waals surface area (Å²) in [5.41, 5.74) is -0.189. The number of hydrogen-bond acceptors (Lipinski definition) is 2. The minimum absolute atomic E-state index is 0.00756. The first kappa shape index (κ1) is 16.9. The number of aromatic carboxylic acids is 1. The molecule has 1 unspecified atom stereocenters. The Morgan fingerprint density at radius 1 is 1.33 bits per heavy atom. The number of rotatable bonds is 5. The average molecular weight is 296 g/mol. The summed E-state index contributed by atoms with van der Waals surface area (Å²) in [6.45, 7) is 6.01. The maximum absolute atomic E-state index is 13.2. The van der Waals surface area contributed by atoms with Crippen molar-refractivity contribution in [2.24, 2.45) is 5.92 Å². The Labute approximate surface area is 123 Å². The number of urea groups is 1. The zero-order valence-corrected chi connectivity index (χ0v) is 12.7. The summed E-state index contributed by atoms with van der Waals surface area (Å²) in [5, 5.41) is 11.5. The van der Waals surface area contributed by atoms with E-state index in [-0.39, 0.29) is 17.3 Å². The Balaban J connectivity index is 2.88. The second-order valence-electron chi connectivity index (χ2n) is 5.51. The average Bonchev–Trinajstić information content (AvgIpc) is 2.36. The molecule has 0 saturated heterocycles. The predicted octanol–water partition coefficient (Wildman–Crippen LogP) is 3.42. The number of anilines is 1. The quantitative estimate of drug-likeness (QED) is 0.874. The number of carbonyl (C=O) groups excluding carboxylic acids is 1. The highest BCUT2D eigenvalue weighted by Crippen LogP contribution is 2.19. The molecule has 0 heterocycles. The van der Waals surface area contributed by atoms with Gasteiger partial charge in [-0.2, -0.15) is 0 Å². The van der Waals surface area contributed by atoms with E-state index < -0.39 is 17.8 Å². The van der Waals surface area contributed by atoms with E-state index in [1.165, 1.54) is 4.90 Å². The van der Waals surface area contributed by atoms with Crippen molar-refractivity contribution in [3.63, 3.8) is 0 Å². The highest BCUT2D eigenvalue weighted by atomic mass is 19.1. The summed E-state index contributed by atoms with van der Waals surface area (Å²) in [4.78, 5) is 24.7. The van der Waals surface area contributed by atoms with Gasteiger partial charge in [-0.1, -0.05) is 13.8 Å². The van der Waals surface area contributed by atoms with Gasteiger partial charge in [0.25, 0.3) is 0 Å². The first-order valence-corrected chi connectivity index (χ1v) is 6.79. The van der Waals surface area contributed by atoms with Crippen LogP contribution in [0, 0.1) is 11.7 Å². The minimum atomic E-state index is -1.22. The van der Waals surface area contributed by atoms with Crippen LogP contribution in [0.3, 0.4) is 0 Å². The Kier molecular flexibility index (Phi) is 5.69. The third kappa shape index (κ3) is 4.73. The SMILES string of the molecule is CC(C)CC(C)N(C)C(=O)Nc1cc(F)ccc1C(=O)O. The number of hydrogen-bond donors (Lipinski definition) is 2. The third-order valence-corrected chi connectivity index (χ3v) is 3.25. The number of carboxylic acid groups (broad SMARTS) is 1. The number of nitrogens with one attached hydrogen (secondary N) is 1. The van der Waals surface area contributed by atoms with Crippen LogP contribution in [0.5, 0.6) is 0 Å². The first-order valence-electron chi connectivity index (χ1n) is 6.79. The van der Waals surface area contributed by atoms with Crippen molar-refractivity contribution in [3.8, 4) is 0 Å². The maximum Gasteiger partial charge on any atom is 0.337 e. The van der Waals surface area contributed by atoms with Gasteiger partial charge in [0.15, 0.2) is 0 Å². The second-order valence-corrected chi connectivity index (χ2v) is 5.51.